The van der Waals surface area contributed by atoms with Gasteiger partial charge in [-0.05, 0) is 62.2 Å². The van der Waals surface area contributed by atoms with Gasteiger partial charge in [-0.3, -0.25) is 4.79 Å². The number of hydrogen-bond donors (Lipinski definition) is 0. The zero-order valence-corrected chi connectivity index (χ0v) is 15.1. The molecule has 1 aromatic carbocycles. The summed E-state index contributed by atoms with van der Waals surface area (Å²) in [5.74, 6) is -0.602. The van der Waals surface area contributed by atoms with Crippen molar-refractivity contribution in [3.8, 4) is 0 Å². The number of fused-ring (bicyclic) bond motifs is 1. The van der Waals surface area contributed by atoms with Crippen LogP contribution in [0.4, 0.5) is 0 Å². The van der Waals surface area contributed by atoms with Crippen LogP contribution in [0.5, 0.6) is 0 Å². The number of carbonyl (C=O) groups excluding carboxylic acids is 2. The minimum atomic E-state index is -0.429. The van der Waals surface area contributed by atoms with E-state index in [1.54, 1.807) is 41.7 Å². The van der Waals surface area contributed by atoms with Crippen molar-refractivity contribution in [2.75, 3.05) is 6.61 Å². The van der Waals surface area contributed by atoms with Crippen LogP contribution in [0, 0.1) is 13.8 Å². The van der Waals surface area contributed by atoms with E-state index >= 15 is 0 Å². The Morgan fingerprint density at radius 1 is 1.12 bits per heavy atom. The number of hydrogen-bond acceptors (Lipinski definition) is 3. The van der Waals surface area contributed by atoms with Crippen LogP contribution in [0.15, 0.2) is 42.6 Å². The first-order chi connectivity index (χ1) is 11.9. The summed E-state index contributed by atoms with van der Waals surface area (Å²) in [5, 5.41) is 0.565. The highest BCUT2D eigenvalue weighted by atomic mass is 35.5. The van der Waals surface area contributed by atoms with Crippen molar-refractivity contribution in [2.24, 2.45) is 0 Å². The van der Waals surface area contributed by atoms with Gasteiger partial charge in [-0.1, -0.05) is 17.7 Å². The Kier molecular flexibility index (Phi) is 4.64. The van der Waals surface area contributed by atoms with Crippen molar-refractivity contribution in [1.82, 2.24) is 4.40 Å². The molecule has 25 heavy (non-hydrogen) atoms. The van der Waals surface area contributed by atoms with Gasteiger partial charge in [-0.15, -0.1) is 0 Å². The molecule has 0 N–H and O–H groups in total. The fraction of sp³-hybridized carbons (Fsp3) is 0.200. The third kappa shape index (κ3) is 3.17. The summed E-state index contributed by atoms with van der Waals surface area (Å²) in [6.45, 7) is 5.91. The second-order valence-corrected chi connectivity index (χ2v) is 6.36. The molecule has 0 aliphatic rings. The van der Waals surface area contributed by atoms with Crippen molar-refractivity contribution in [3.05, 3.63) is 75.6 Å². The molecular weight excluding hydrogens is 338 g/mol. The second kappa shape index (κ2) is 6.73. The Balaban J connectivity index is 2.22. The molecule has 0 aliphatic heterocycles. The molecule has 2 aromatic heterocycles. The van der Waals surface area contributed by atoms with Gasteiger partial charge in [0, 0.05) is 16.8 Å². The first kappa shape index (κ1) is 17.2. The van der Waals surface area contributed by atoms with Crippen LogP contribution in [0.2, 0.25) is 5.02 Å². The molecule has 2 heterocycles. The molecule has 0 amide bonds. The molecule has 5 heteroatoms. The minimum Gasteiger partial charge on any atom is -0.462 e. The van der Waals surface area contributed by atoms with E-state index in [-0.39, 0.29) is 12.4 Å². The zero-order valence-electron chi connectivity index (χ0n) is 14.3. The van der Waals surface area contributed by atoms with Gasteiger partial charge < -0.3 is 9.14 Å². The van der Waals surface area contributed by atoms with Crippen LogP contribution in [0.3, 0.4) is 0 Å². The summed E-state index contributed by atoms with van der Waals surface area (Å²) < 4.78 is 6.93. The normalized spacial score (nSPS) is 10.9. The summed E-state index contributed by atoms with van der Waals surface area (Å²) in [6, 6.07) is 10.3. The van der Waals surface area contributed by atoms with Crippen LogP contribution >= 0.6 is 11.6 Å². The molecule has 0 radical (unpaired) electrons. The maximum atomic E-state index is 13.0. The molecule has 4 nitrogen and oxygen atoms in total. The maximum Gasteiger partial charge on any atom is 0.340 e. The third-order valence-electron chi connectivity index (χ3n) is 4.02. The fourth-order valence-electron chi connectivity index (χ4n) is 3.00. The lowest BCUT2D eigenvalue weighted by Crippen LogP contribution is -2.06. The quantitative estimate of drug-likeness (QED) is 0.507. The maximum absolute atomic E-state index is 13.0. The molecule has 0 aliphatic carbocycles. The number of ether oxygens (including phenoxy) is 1. The number of aromatic nitrogens is 1. The predicted molar refractivity (Wildman–Crippen MR) is 97.7 cm³/mol. The number of carbonyl (C=O) groups is 2. The van der Waals surface area contributed by atoms with Crippen molar-refractivity contribution in [3.63, 3.8) is 0 Å². The van der Waals surface area contributed by atoms with Gasteiger partial charge in [0.1, 0.15) is 0 Å². The molecule has 0 saturated carbocycles. The molecule has 0 saturated heterocycles. The Morgan fingerprint density at radius 2 is 1.80 bits per heavy atom. The van der Waals surface area contributed by atoms with E-state index in [0.717, 1.165) is 11.1 Å². The first-order valence-corrected chi connectivity index (χ1v) is 8.40. The van der Waals surface area contributed by atoms with Gasteiger partial charge in [0.15, 0.2) is 0 Å². The summed E-state index contributed by atoms with van der Waals surface area (Å²) in [6.07, 6.45) is 1.86. The van der Waals surface area contributed by atoms with Crippen LogP contribution in [0.1, 0.15) is 44.5 Å². The van der Waals surface area contributed by atoms with Gasteiger partial charge in [0.2, 0.25) is 5.78 Å². The van der Waals surface area contributed by atoms with Crippen molar-refractivity contribution >= 4 is 28.9 Å². The Labute approximate surface area is 151 Å². The van der Waals surface area contributed by atoms with E-state index in [4.69, 9.17) is 16.3 Å². The van der Waals surface area contributed by atoms with Crippen LogP contribution in [-0.4, -0.2) is 22.8 Å². The lowest BCUT2D eigenvalue weighted by Gasteiger charge is -2.07. The molecule has 3 rings (SSSR count). The molecular formula is C20H18ClNO3. The van der Waals surface area contributed by atoms with E-state index in [2.05, 4.69) is 0 Å². The van der Waals surface area contributed by atoms with E-state index < -0.39 is 5.97 Å². The Hall–Kier alpha value is -2.59. The first-order valence-electron chi connectivity index (χ1n) is 8.02. The standard InChI is InChI=1S/C20H18ClNO3/c1-4-25-20(24)16-10-17(19(23)14-5-7-15(21)8-6-14)22-11-12(2)9-13(3)18(16)22/h5-11H,4H2,1-3H3. The predicted octanol–water partition coefficient (Wildman–Crippen LogP) is 4.62. The highest BCUT2D eigenvalue weighted by Crippen LogP contribution is 2.25. The largest absolute Gasteiger partial charge is 0.462 e. The topological polar surface area (TPSA) is 47.8 Å². The molecule has 0 spiro atoms. The van der Waals surface area contributed by atoms with E-state index in [0.29, 0.717) is 27.4 Å². The SMILES string of the molecule is CCOC(=O)c1cc(C(=O)c2ccc(Cl)cc2)n2cc(C)cc(C)c12. The van der Waals surface area contributed by atoms with Crippen LogP contribution < -0.4 is 0 Å². The fourth-order valence-corrected chi connectivity index (χ4v) is 3.13. The number of aryl methyl sites for hydroxylation is 2. The van der Waals surface area contributed by atoms with Crippen molar-refractivity contribution < 1.29 is 14.3 Å². The lowest BCUT2D eigenvalue weighted by molar-refractivity contribution is 0.0528. The molecule has 0 unspecified atom stereocenters. The summed E-state index contributed by atoms with van der Waals surface area (Å²) >= 11 is 5.90. The second-order valence-electron chi connectivity index (χ2n) is 5.92. The number of benzene rings is 1. The summed E-state index contributed by atoms with van der Waals surface area (Å²) in [5.41, 5.74) is 3.95. The van der Waals surface area contributed by atoms with Gasteiger partial charge in [-0.25, -0.2) is 4.79 Å². The van der Waals surface area contributed by atoms with E-state index in [1.807, 2.05) is 26.1 Å². The number of halogens is 1. The molecule has 0 fully saturated rings. The number of esters is 1. The highest BCUT2D eigenvalue weighted by Gasteiger charge is 2.22. The van der Waals surface area contributed by atoms with E-state index in [9.17, 15) is 9.59 Å². The number of rotatable bonds is 4. The monoisotopic (exact) mass is 355 g/mol. The van der Waals surface area contributed by atoms with Crippen LogP contribution in [-0.2, 0) is 4.74 Å². The highest BCUT2D eigenvalue weighted by molar-refractivity contribution is 6.30. The Morgan fingerprint density at radius 3 is 2.44 bits per heavy atom. The van der Waals surface area contributed by atoms with Crippen molar-refractivity contribution in [2.45, 2.75) is 20.8 Å². The lowest BCUT2D eigenvalue weighted by atomic mass is 10.1. The average molecular weight is 356 g/mol. The minimum absolute atomic E-state index is 0.174. The van der Waals surface area contributed by atoms with Crippen LogP contribution in [0.25, 0.3) is 5.52 Å². The number of pyridine rings is 1. The molecule has 128 valence electrons. The number of nitrogens with zero attached hydrogens (tertiary/aromatic N) is 1. The number of ketones is 1. The van der Waals surface area contributed by atoms with Gasteiger partial charge >= 0.3 is 5.97 Å². The van der Waals surface area contributed by atoms with Gasteiger partial charge in [0.05, 0.1) is 23.4 Å². The Bertz CT molecular complexity index is 971. The average Bonchev–Trinajstić information content (AvgIpc) is 2.95. The van der Waals surface area contributed by atoms with Gasteiger partial charge in [0.25, 0.3) is 0 Å². The van der Waals surface area contributed by atoms with Crippen molar-refractivity contribution in [1.29, 1.82) is 0 Å². The van der Waals surface area contributed by atoms with Gasteiger partial charge in [-0.2, -0.15) is 0 Å². The third-order valence-corrected chi connectivity index (χ3v) is 4.27. The molecule has 0 atom stereocenters. The molecule has 3 aromatic rings. The summed E-state index contributed by atoms with van der Waals surface area (Å²) in [4.78, 5) is 25.3. The smallest absolute Gasteiger partial charge is 0.340 e. The summed E-state index contributed by atoms with van der Waals surface area (Å²) in [7, 11) is 0. The molecule has 0 bridgehead atoms. The van der Waals surface area contributed by atoms with E-state index in [1.165, 1.54) is 0 Å². The zero-order chi connectivity index (χ0) is 18.1.